The van der Waals surface area contributed by atoms with Crippen molar-refractivity contribution in [2.45, 2.75) is 31.8 Å². The molecule has 2 aliphatic heterocycles. The van der Waals surface area contributed by atoms with E-state index in [4.69, 9.17) is 9.47 Å². The number of hydrogen-bond donors (Lipinski definition) is 0. The zero-order chi connectivity index (χ0) is 13.9. The zero-order valence-electron chi connectivity index (χ0n) is 11.4. The number of anilines is 1. The molecule has 0 amide bonds. The van der Waals surface area contributed by atoms with Crippen LogP contribution in [0, 0.1) is 11.6 Å². The molecule has 0 radical (unpaired) electrons. The second-order valence-electron chi connectivity index (χ2n) is 5.36. The molecule has 0 saturated carbocycles. The smallest absolute Gasteiger partial charge is 0.191 e. The minimum absolute atomic E-state index is 0.162. The van der Waals surface area contributed by atoms with E-state index in [1.54, 1.807) is 0 Å². The molecule has 0 bridgehead atoms. The molecule has 0 atom stereocenters. The predicted molar refractivity (Wildman–Crippen MR) is 72.3 cm³/mol. The molecular formula is C15H19F2NO2. The molecule has 0 aromatic heterocycles. The van der Waals surface area contributed by atoms with E-state index in [1.807, 2.05) is 4.90 Å². The Morgan fingerprint density at radius 2 is 1.65 bits per heavy atom. The average Bonchev–Trinajstić information content (AvgIpc) is 2.98. The fraction of sp³-hybridized carbons (Fsp3) is 0.600. The van der Waals surface area contributed by atoms with Crippen molar-refractivity contribution in [3.63, 3.8) is 0 Å². The first-order chi connectivity index (χ1) is 9.74. The summed E-state index contributed by atoms with van der Waals surface area (Å²) < 4.78 is 38.9. The van der Waals surface area contributed by atoms with Crippen LogP contribution in [-0.4, -0.2) is 32.4 Å². The lowest BCUT2D eigenvalue weighted by atomic mass is 10.1. The number of ether oxygens (including phenoxy) is 2. The summed E-state index contributed by atoms with van der Waals surface area (Å²) in [5, 5.41) is 0. The molecule has 2 fully saturated rings. The molecule has 0 aliphatic carbocycles. The third kappa shape index (κ3) is 2.87. The van der Waals surface area contributed by atoms with E-state index in [-0.39, 0.29) is 11.9 Å². The standard InChI is InChI=1S/C15H19F2NO2/c16-13-9-11(18-5-1-2-6-18)10-14(17)15(13)20-12-3-7-19-8-4-12/h9-10,12H,1-8H2. The average molecular weight is 283 g/mol. The van der Waals surface area contributed by atoms with Gasteiger partial charge in [-0.3, -0.25) is 0 Å². The van der Waals surface area contributed by atoms with Crippen LogP contribution in [0.15, 0.2) is 12.1 Å². The third-order valence-electron chi connectivity index (χ3n) is 3.91. The molecule has 2 aliphatic rings. The van der Waals surface area contributed by atoms with Crippen molar-refractivity contribution in [1.29, 1.82) is 0 Å². The molecule has 0 unspecified atom stereocenters. The summed E-state index contributed by atoms with van der Waals surface area (Å²) in [5.74, 6) is -1.48. The highest BCUT2D eigenvalue weighted by molar-refractivity contribution is 5.51. The first-order valence-electron chi connectivity index (χ1n) is 7.22. The SMILES string of the molecule is Fc1cc(N2CCCC2)cc(F)c1OC1CCOCC1. The molecule has 2 saturated heterocycles. The van der Waals surface area contributed by atoms with E-state index in [0.717, 1.165) is 25.9 Å². The molecule has 110 valence electrons. The number of rotatable bonds is 3. The van der Waals surface area contributed by atoms with E-state index < -0.39 is 11.6 Å². The van der Waals surface area contributed by atoms with E-state index >= 15 is 0 Å². The lowest BCUT2D eigenvalue weighted by molar-refractivity contribution is 0.0223. The maximum Gasteiger partial charge on any atom is 0.191 e. The van der Waals surface area contributed by atoms with Gasteiger partial charge in [0.15, 0.2) is 17.4 Å². The number of halogens is 2. The first-order valence-corrected chi connectivity index (χ1v) is 7.22. The maximum absolute atomic E-state index is 14.1. The Bertz CT molecular complexity index is 446. The monoisotopic (exact) mass is 283 g/mol. The summed E-state index contributed by atoms with van der Waals surface area (Å²) in [6, 6.07) is 2.76. The van der Waals surface area contributed by atoms with Crippen LogP contribution in [0.5, 0.6) is 5.75 Å². The van der Waals surface area contributed by atoms with E-state index in [0.29, 0.717) is 31.7 Å². The Hall–Kier alpha value is -1.36. The van der Waals surface area contributed by atoms with Gasteiger partial charge in [-0.05, 0) is 12.8 Å². The fourth-order valence-electron chi connectivity index (χ4n) is 2.78. The topological polar surface area (TPSA) is 21.7 Å². The summed E-state index contributed by atoms with van der Waals surface area (Å²) in [6.45, 7) is 2.89. The molecule has 1 aromatic rings. The summed E-state index contributed by atoms with van der Waals surface area (Å²) in [7, 11) is 0. The third-order valence-corrected chi connectivity index (χ3v) is 3.91. The van der Waals surface area contributed by atoms with Crippen LogP contribution in [-0.2, 0) is 4.74 Å². The Morgan fingerprint density at radius 3 is 2.25 bits per heavy atom. The lowest BCUT2D eigenvalue weighted by Crippen LogP contribution is -2.26. The van der Waals surface area contributed by atoms with Crippen molar-refractivity contribution in [2.75, 3.05) is 31.2 Å². The van der Waals surface area contributed by atoms with E-state index in [1.165, 1.54) is 12.1 Å². The van der Waals surface area contributed by atoms with Gasteiger partial charge in [0.05, 0.1) is 13.2 Å². The van der Waals surface area contributed by atoms with Crippen LogP contribution < -0.4 is 9.64 Å². The molecule has 0 N–H and O–H groups in total. The normalized spacial score (nSPS) is 20.4. The summed E-state index contributed by atoms with van der Waals surface area (Å²) in [5.41, 5.74) is 0.608. The van der Waals surface area contributed by atoms with Crippen LogP contribution in [0.2, 0.25) is 0 Å². The van der Waals surface area contributed by atoms with Crippen molar-refractivity contribution in [1.82, 2.24) is 0 Å². The van der Waals surface area contributed by atoms with Gasteiger partial charge >= 0.3 is 0 Å². The highest BCUT2D eigenvalue weighted by Gasteiger charge is 2.22. The zero-order valence-corrected chi connectivity index (χ0v) is 11.4. The molecule has 3 nitrogen and oxygen atoms in total. The van der Waals surface area contributed by atoms with Gasteiger partial charge in [0.1, 0.15) is 6.10 Å². The van der Waals surface area contributed by atoms with Gasteiger partial charge in [-0.1, -0.05) is 0 Å². The minimum Gasteiger partial charge on any atom is -0.484 e. The van der Waals surface area contributed by atoms with Crippen molar-refractivity contribution in [3.8, 4) is 5.75 Å². The van der Waals surface area contributed by atoms with Crippen LogP contribution in [0.3, 0.4) is 0 Å². The first kappa shape index (κ1) is 13.6. The summed E-state index contributed by atoms with van der Waals surface area (Å²) in [6.07, 6.45) is 3.33. The van der Waals surface area contributed by atoms with Crippen LogP contribution in [0.1, 0.15) is 25.7 Å². The van der Waals surface area contributed by atoms with Gasteiger partial charge in [0, 0.05) is 43.8 Å². The second-order valence-corrected chi connectivity index (χ2v) is 5.36. The Labute approximate surface area is 117 Å². The lowest BCUT2D eigenvalue weighted by Gasteiger charge is -2.24. The van der Waals surface area contributed by atoms with Crippen molar-refractivity contribution >= 4 is 5.69 Å². The molecular weight excluding hydrogens is 264 g/mol. The summed E-state index contributed by atoms with van der Waals surface area (Å²) in [4.78, 5) is 2.00. The molecule has 5 heteroatoms. The van der Waals surface area contributed by atoms with Crippen molar-refractivity contribution < 1.29 is 18.3 Å². The van der Waals surface area contributed by atoms with Crippen molar-refractivity contribution in [2.24, 2.45) is 0 Å². The van der Waals surface area contributed by atoms with Crippen molar-refractivity contribution in [3.05, 3.63) is 23.8 Å². The second kappa shape index (κ2) is 5.95. The molecule has 20 heavy (non-hydrogen) atoms. The summed E-state index contributed by atoms with van der Waals surface area (Å²) >= 11 is 0. The number of benzene rings is 1. The molecule has 0 spiro atoms. The van der Waals surface area contributed by atoms with Crippen LogP contribution >= 0.6 is 0 Å². The van der Waals surface area contributed by atoms with Crippen LogP contribution in [0.25, 0.3) is 0 Å². The molecule has 3 rings (SSSR count). The van der Waals surface area contributed by atoms with E-state index in [9.17, 15) is 8.78 Å². The largest absolute Gasteiger partial charge is 0.484 e. The number of hydrogen-bond acceptors (Lipinski definition) is 3. The van der Waals surface area contributed by atoms with E-state index in [2.05, 4.69) is 0 Å². The van der Waals surface area contributed by atoms with Gasteiger partial charge in [-0.15, -0.1) is 0 Å². The number of nitrogens with zero attached hydrogens (tertiary/aromatic N) is 1. The fourth-order valence-corrected chi connectivity index (χ4v) is 2.78. The highest BCUT2D eigenvalue weighted by atomic mass is 19.1. The highest BCUT2D eigenvalue weighted by Crippen LogP contribution is 2.31. The predicted octanol–water partition coefficient (Wildman–Crippen LogP) is 3.12. The molecule has 1 aromatic carbocycles. The van der Waals surface area contributed by atoms with Crippen LogP contribution in [0.4, 0.5) is 14.5 Å². The van der Waals surface area contributed by atoms with Gasteiger partial charge in [0.25, 0.3) is 0 Å². The maximum atomic E-state index is 14.1. The van der Waals surface area contributed by atoms with Gasteiger partial charge in [-0.25, -0.2) is 8.78 Å². The Kier molecular flexibility index (Phi) is 4.05. The molecule has 2 heterocycles. The van der Waals surface area contributed by atoms with Gasteiger partial charge in [-0.2, -0.15) is 0 Å². The Balaban J connectivity index is 1.77. The Morgan fingerprint density at radius 1 is 1.05 bits per heavy atom. The quantitative estimate of drug-likeness (QED) is 0.850. The van der Waals surface area contributed by atoms with Gasteiger partial charge in [0.2, 0.25) is 0 Å². The van der Waals surface area contributed by atoms with Gasteiger partial charge < -0.3 is 14.4 Å². The minimum atomic E-state index is -0.613.